The first-order valence-corrected chi connectivity index (χ1v) is 7.77. The quantitative estimate of drug-likeness (QED) is 0.848. The van der Waals surface area contributed by atoms with Crippen LogP contribution in [0.4, 0.5) is 20.3 Å². The molecule has 1 unspecified atom stereocenters. The Balaban J connectivity index is 1.78. The molecular weight excluding hydrogens is 312 g/mol. The van der Waals surface area contributed by atoms with Gasteiger partial charge in [-0.3, -0.25) is 0 Å². The summed E-state index contributed by atoms with van der Waals surface area (Å²) in [5, 5.41) is 8.81. The zero-order chi connectivity index (χ0) is 17.1. The SMILES string of the molecule is CC1CCN(c2ccc(F)cc2F)CCN1c1cnc(C#N)cn1. The Morgan fingerprint density at radius 3 is 2.67 bits per heavy atom. The fourth-order valence-electron chi connectivity index (χ4n) is 2.91. The van der Waals surface area contributed by atoms with E-state index in [1.165, 1.54) is 18.3 Å². The van der Waals surface area contributed by atoms with Crippen molar-refractivity contribution in [2.24, 2.45) is 0 Å². The number of anilines is 2. The molecule has 0 N–H and O–H groups in total. The van der Waals surface area contributed by atoms with Gasteiger partial charge >= 0.3 is 0 Å². The van der Waals surface area contributed by atoms with Crippen LogP contribution in [0.3, 0.4) is 0 Å². The first-order chi connectivity index (χ1) is 11.6. The second-order valence-corrected chi connectivity index (χ2v) is 5.79. The third kappa shape index (κ3) is 3.27. The molecule has 7 heteroatoms. The molecule has 1 aliphatic rings. The van der Waals surface area contributed by atoms with E-state index >= 15 is 0 Å². The zero-order valence-electron chi connectivity index (χ0n) is 13.3. The minimum atomic E-state index is -0.575. The van der Waals surface area contributed by atoms with Crippen molar-refractivity contribution in [1.82, 2.24) is 9.97 Å². The highest BCUT2D eigenvalue weighted by molar-refractivity contribution is 5.49. The number of benzene rings is 1. The molecule has 0 spiro atoms. The van der Waals surface area contributed by atoms with Crippen molar-refractivity contribution in [3.63, 3.8) is 0 Å². The van der Waals surface area contributed by atoms with Gasteiger partial charge in [-0.2, -0.15) is 5.26 Å². The summed E-state index contributed by atoms with van der Waals surface area (Å²) in [5.41, 5.74) is 0.688. The Hall–Kier alpha value is -2.75. The maximum atomic E-state index is 14.0. The fraction of sp³-hybridized carbons (Fsp3) is 0.353. The topological polar surface area (TPSA) is 56.0 Å². The van der Waals surface area contributed by atoms with Crippen LogP contribution in [0.1, 0.15) is 19.0 Å². The summed E-state index contributed by atoms with van der Waals surface area (Å²) in [4.78, 5) is 12.4. The Kier molecular flexibility index (Phi) is 4.56. The molecule has 0 bridgehead atoms. The summed E-state index contributed by atoms with van der Waals surface area (Å²) in [6, 6.07) is 5.81. The van der Waals surface area contributed by atoms with Crippen molar-refractivity contribution < 1.29 is 8.78 Å². The summed E-state index contributed by atoms with van der Waals surface area (Å²) < 4.78 is 27.1. The normalized spacial score (nSPS) is 18.2. The highest BCUT2D eigenvalue weighted by Gasteiger charge is 2.23. The van der Waals surface area contributed by atoms with E-state index < -0.39 is 11.6 Å². The second-order valence-electron chi connectivity index (χ2n) is 5.79. The van der Waals surface area contributed by atoms with Gasteiger partial charge in [0.05, 0.1) is 18.1 Å². The van der Waals surface area contributed by atoms with Gasteiger partial charge in [-0.05, 0) is 25.5 Å². The van der Waals surface area contributed by atoms with E-state index in [0.29, 0.717) is 31.1 Å². The van der Waals surface area contributed by atoms with Crippen LogP contribution in [0.25, 0.3) is 0 Å². The summed E-state index contributed by atoms with van der Waals surface area (Å²) >= 11 is 0. The summed E-state index contributed by atoms with van der Waals surface area (Å²) in [7, 11) is 0. The van der Waals surface area contributed by atoms with Gasteiger partial charge in [-0.1, -0.05) is 0 Å². The molecule has 124 valence electrons. The number of hydrogen-bond acceptors (Lipinski definition) is 5. The molecule has 2 aromatic rings. The number of nitriles is 1. The third-order valence-electron chi connectivity index (χ3n) is 4.26. The van der Waals surface area contributed by atoms with Crippen LogP contribution in [-0.2, 0) is 0 Å². The summed E-state index contributed by atoms with van der Waals surface area (Å²) in [6.07, 6.45) is 3.84. The minimum Gasteiger partial charge on any atom is -0.367 e. The van der Waals surface area contributed by atoms with E-state index in [9.17, 15) is 8.78 Å². The average molecular weight is 329 g/mol. The predicted molar refractivity (Wildman–Crippen MR) is 86.7 cm³/mol. The lowest BCUT2D eigenvalue weighted by molar-refractivity contribution is 0.578. The van der Waals surface area contributed by atoms with Crippen LogP contribution < -0.4 is 9.80 Å². The molecule has 2 heterocycles. The first kappa shape index (κ1) is 16.1. The molecule has 0 radical (unpaired) electrons. The van der Waals surface area contributed by atoms with Crippen LogP contribution in [0.2, 0.25) is 0 Å². The van der Waals surface area contributed by atoms with Crippen LogP contribution in [0.15, 0.2) is 30.6 Å². The highest BCUT2D eigenvalue weighted by atomic mass is 19.1. The van der Waals surface area contributed by atoms with Crippen molar-refractivity contribution in [1.29, 1.82) is 5.26 Å². The van der Waals surface area contributed by atoms with Crippen molar-refractivity contribution in [2.45, 2.75) is 19.4 Å². The highest BCUT2D eigenvalue weighted by Crippen LogP contribution is 2.24. The number of nitrogens with zero attached hydrogens (tertiary/aromatic N) is 5. The molecule has 0 saturated carbocycles. The Labute approximate surface area is 139 Å². The van der Waals surface area contributed by atoms with Crippen LogP contribution in [0.5, 0.6) is 0 Å². The lowest BCUT2D eigenvalue weighted by atomic mass is 10.2. The molecule has 1 atom stereocenters. The Bertz CT molecular complexity index is 757. The van der Waals surface area contributed by atoms with Gasteiger partial charge in [0, 0.05) is 31.7 Å². The standard InChI is InChI=1S/C17H17F2N5/c1-12-4-5-23(16-3-2-13(18)8-15(16)19)6-7-24(12)17-11-21-14(9-20)10-22-17/h2-3,8,10-12H,4-7H2,1H3. The van der Waals surface area contributed by atoms with E-state index in [-0.39, 0.29) is 11.7 Å². The molecule has 24 heavy (non-hydrogen) atoms. The molecule has 1 aromatic carbocycles. The molecule has 1 saturated heterocycles. The van der Waals surface area contributed by atoms with Gasteiger partial charge in [0.15, 0.2) is 5.69 Å². The van der Waals surface area contributed by atoms with E-state index in [0.717, 1.165) is 12.5 Å². The summed E-state index contributed by atoms with van der Waals surface area (Å²) in [6.45, 7) is 3.97. The molecule has 5 nitrogen and oxygen atoms in total. The fourth-order valence-corrected chi connectivity index (χ4v) is 2.91. The second kappa shape index (κ2) is 6.79. The number of rotatable bonds is 2. The largest absolute Gasteiger partial charge is 0.367 e. The van der Waals surface area contributed by atoms with Gasteiger partial charge in [0.2, 0.25) is 0 Å². The molecule has 0 aliphatic carbocycles. The van der Waals surface area contributed by atoms with E-state index in [2.05, 4.69) is 21.8 Å². The summed E-state index contributed by atoms with van der Waals surface area (Å²) in [5.74, 6) is -0.425. The minimum absolute atomic E-state index is 0.195. The van der Waals surface area contributed by atoms with Gasteiger partial charge in [0.1, 0.15) is 23.5 Å². The van der Waals surface area contributed by atoms with Gasteiger partial charge in [-0.15, -0.1) is 0 Å². The lowest BCUT2D eigenvalue weighted by Crippen LogP contribution is -2.35. The molecule has 0 amide bonds. The zero-order valence-corrected chi connectivity index (χ0v) is 13.3. The van der Waals surface area contributed by atoms with Gasteiger partial charge < -0.3 is 9.80 Å². The first-order valence-electron chi connectivity index (χ1n) is 7.77. The Morgan fingerprint density at radius 2 is 2.00 bits per heavy atom. The van der Waals surface area contributed by atoms with E-state index in [1.54, 1.807) is 6.20 Å². The van der Waals surface area contributed by atoms with Gasteiger partial charge in [-0.25, -0.2) is 18.7 Å². The van der Waals surface area contributed by atoms with Crippen LogP contribution >= 0.6 is 0 Å². The molecule has 3 rings (SSSR count). The average Bonchev–Trinajstić information content (AvgIpc) is 2.77. The van der Waals surface area contributed by atoms with E-state index in [1.807, 2.05) is 11.0 Å². The lowest BCUT2D eigenvalue weighted by Gasteiger charge is -2.27. The van der Waals surface area contributed by atoms with Crippen molar-refractivity contribution in [3.05, 3.63) is 47.9 Å². The number of halogens is 2. The third-order valence-corrected chi connectivity index (χ3v) is 4.26. The van der Waals surface area contributed by atoms with Crippen molar-refractivity contribution in [2.75, 3.05) is 29.4 Å². The number of aromatic nitrogens is 2. The molecular formula is C17H17F2N5. The van der Waals surface area contributed by atoms with Gasteiger partial charge in [0.25, 0.3) is 0 Å². The predicted octanol–water partition coefficient (Wildman–Crippen LogP) is 2.73. The molecule has 1 fully saturated rings. The number of hydrogen-bond donors (Lipinski definition) is 0. The maximum Gasteiger partial charge on any atom is 0.158 e. The van der Waals surface area contributed by atoms with Crippen molar-refractivity contribution in [3.8, 4) is 6.07 Å². The smallest absolute Gasteiger partial charge is 0.158 e. The molecule has 1 aliphatic heterocycles. The Morgan fingerprint density at radius 1 is 1.17 bits per heavy atom. The van der Waals surface area contributed by atoms with E-state index in [4.69, 9.17) is 5.26 Å². The monoisotopic (exact) mass is 329 g/mol. The van der Waals surface area contributed by atoms with Crippen LogP contribution in [-0.4, -0.2) is 35.6 Å². The van der Waals surface area contributed by atoms with Crippen LogP contribution in [0, 0.1) is 23.0 Å². The van der Waals surface area contributed by atoms with Crippen molar-refractivity contribution >= 4 is 11.5 Å². The molecule has 1 aromatic heterocycles. The maximum absolute atomic E-state index is 14.0.